The van der Waals surface area contributed by atoms with Crippen LogP contribution in [0.1, 0.15) is 10.6 Å². The van der Waals surface area contributed by atoms with Gasteiger partial charge in [-0.1, -0.05) is 22.0 Å². The Labute approximate surface area is 129 Å². The van der Waals surface area contributed by atoms with E-state index in [1.54, 1.807) is 25.2 Å². The zero-order valence-corrected chi connectivity index (χ0v) is 12.8. The monoisotopic (exact) mass is 345 g/mol. The molecule has 3 rings (SSSR count). The van der Waals surface area contributed by atoms with Crippen LogP contribution in [-0.4, -0.2) is 18.1 Å². The number of rotatable bonds is 2. The summed E-state index contributed by atoms with van der Waals surface area (Å²) in [6.45, 7) is 0. The summed E-state index contributed by atoms with van der Waals surface area (Å²) >= 11 is 3.44. The number of furan rings is 1. The molecule has 1 aromatic heterocycles. The molecule has 3 aromatic rings. The van der Waals surface area contributed by atoms with E-state index >= 15 is 0 Å². The number of hydrogen-bond acceptors (Lipinski definition) is 3. The summed E-state index contributed by atoms with van der Waals surface area (Å²) in [5.74, 6) is 0.184. The van der Waals surface area contributed by atoms with Crippen molar-refractivity contribution in [3.05, 3.63) is 58.8 Å². The Kier molecular flexibility index (Phi) is 3.43. The van der Waals surface area contributed by atoms with E-state index in [1.807, 2.05) is 18.2 Å². The molecule has 2 aromatic carbocycles. The highest BCUT2D eigenvalue weighted by Crippen LogP contribution is 2.28. The Balaban J connectivity index is 1.96. The van der Waals surface area contributed by atoms with Crippen molar-refractivity contribution in [1.29, 1.82) is 0 Å². The third-order valence-corrected chi connectivity index (χ3v) is 3.95. The van der Waals surface area contributed by atoms with Gasteiger partial charge in [-0.25, -0.2) is 0 Å². The molecule has 0 spiro atoms. The fourth-order valence-corrected chi connectivity index (χ4v) is 2.55. The second-order valence-electron chi connectivity index (χ2n) is 4.64. The van der Waals surface area contributed by atoms with Gasteiger partial charge in [0.1, 0.15) is 11.3 Å². The van der Waals surface area contributed by atoms with E-state index in [4.69, 9.17) is 4.42 Å². The minimum atomic E-state index is -0.246. The van der Waals surface area contributed by atoms with Gasteiger partial charge in [-0.2, -0.15) is 0 Å². The van der Waals surface area contributed by atoms with Gasteiger partial charge >= 0.3 is 0 Å². The molecule has 4 nitrogen and oxygen atoms in total. The first-order valence-electron chi connectivity index (χ1n) is 6.31. The van der Waals surface area contributed by atoms with Crippen LogP contribution in [-0.2, 0) is 0 Å². The maximum atomic E-state index is 12.5. The molecular formula is C16H12BrNO3. The molecule has 1 amide bonds. The minimum Gasteiger partial charge on any atom is -0.508 e. The number of nitrogens with zero attached hydrogens (tertiary/aromatic N) is 1. The minimum absolute atomic E-state index is 0.160. The van der Waals surface area contributed by atoms with Crippen LogP contribution in [0.5, 0.6) is 5.75 Å². The molecule has 21 heavy (non-hydrogen) atoms. The van der Waals surface area contributed by atoms with E-state index in [0.717, 1.165) is 9.86 Å². The van der Waals surface area contributed by atoms with Crippen molar-refractivity contribution >= 4 is 38.5 Å². The third kappa shape index (κ3) is 2.52. The van der Waals surface area contributed by atoms with Crippen molar-refractivity contribution in [3.8, 4) is 5.75 Å². The molecule has 0 saturated heterocycles. The molecule has 106 valence electrons. The number of anilines is 1. The number of phenols is 1. The molecule has 0 aliphatic carbocycles. The van der Waals surface area contributed by atoms with Crippen LogP contribution >= 0.6 is 15.9 Å². The fraction of sp³-hybridized carbons (Fsp3) is 0.0625. The lowest BCUT2D eigenvalue weighted by Gasteiger charge is -2.15. The number of fused-ring (bicyclic) bond motifs is 1. The highest BCUT2D eigenvalue weighted by atomic mass is 79.9. The van der Waals surface area contributed by atoms with Crippen molar-refractivity contribution < 1.29 is 14.3 Å². The number of carbonyl (C=O) groups excluding carboxylic acids is 1. The summed E-state index contributed by atoms with van der Waals surface area (Å²) in [6, 6.07) is 13.7. The first kappa shape index (κ1) is 13.7. The Morgan fingerprint density at radius 1 is 1.19 bits per heavy atom. The van der Waals surface area contributed by atoms with Crippen LogP contribution in [0.3, 0.4) is 0 Å². The second kappa shape index (κ2) is 5.26. The van der Waals surface area contributed by atoms with Gasteiger partial charge in [-0.05, 0) is 42.5 Å². The predicted octanol–water partition coefficient (Wildman–Crippen LogP) is 4.18. The van der Waals surface area contributed by atoms with E-state index in [-0.39, 0.29) is 17.4 Å². The van der Waals surface area contributed by atoms with Crippen molar-refractivity contribution in [1.82, 2.24) is 0 Å². The summed E-state index contributed by atoms with van der Waals surface area (Å²) in [4.78, 5) is 13.9. The van der Waals surface area contributed by atoms with Gasteiger partial charge in [0, 0.05) is 22.6 Å². The van der Waals surface area contributed by atoms with E-state index in [0.29, 0.717) is 11.3 Å². The third-order valence-electron chi connectivity index (χ3n) is 3.26. The number of hydrogen-bond donors (Lipinski definition) is 1. The molecule has 0 radical (unpaired) electrons. The van der Waals surface area contributed by atoms with Crippen LogP contribution < -0.4 is 4.90 Å². The topological polar surface area (TPSA) is 53.7 Å². The van der Waals surface area contributed by atoms with Crippen LogP contribution in [0.25, 0.3) is 11.0 Å². The summed E-state index contributed by atoms with van der Waals surface area (Å²) in [6.07, 6.45) is 0. The highest BCUT2D eigenvalue weighted by molar-refractivity contribution is 9.10. The molecule has 0 aliphatic rings. The van der Waals surface area contributed by atoms with Gasteiger partial charge < -0.3 is 14.4 Å². The van der Waals surface area contributed by atoms with Gasteiger partial charge in [-0.3, -0.25) is 4.79 Å². The summed E-state index contributed by atoms with van der Waals surface area (Å²) in [5, 5.41) is 10.2. The van der Waals surface area contributed by atoms with Crippen LogP contribution in [0, 0.1) is 0 Å². The standard InChI is InChI=1S/C16H12BrNO3/c1-18(10-5-7-11(19)8-6-10)16(20)15-9-12-13(17)3-2-4-14(12)21-15/h2-9,19H,1H3. The first-order valence-corrected chi connectivity index (χ1v) is 7.11. The lowest BCUT2D eigenvalue weighted by molar-refractivity contribution is 0.0968. The summed E-state index contributed by atoms with van der Waals surface area (Å²) in [7, 11) is 1.66. The largest absolute Gasteiger partial charge is 0.508 e. The average molecular weight is 346 g/mol. The molecule has 0 unspecified atom stereocenters. The van der Waals surface area contributed by atoms with Gasteiger partial charge in [0.15, 0.2) is 5.76 Å². The smallest absolute Gasteiger partial charge is 0.293 e. The molecule has 0 atom stereocenters. The predicted molar refractivity (Wildman–Crippen MR) is 84.8 cm³/mol. The molecule has 0 saturated carbocycles. The van der Waals surface area contributed by atoms with Crippen molar-refractivity contribution in [3.63, 3.8) is 0 Å². The second-order valence-corrected chi connectivity index (χ2v) is 5.50. The Morgan fingerprint density at radius 2 is 1.90 bits per heavy atom. The van der Waals surface area contributed by atoms with Crippen LogP contribution in [0.15, 0.2) is 57.4 Å². The molecule has 0 fully saturated rings. The number of carbonyl (C=O) groups is 1. The number of halogens is 1. The summed E-state index contributed by atoms with van der Waals surface area (Å²) < 4.78 is 6.49. The first-order chi connectivity index (χ1) is 10.1. The average Bonchev–Trinajstić information content (AvgIpc) is 2.92. The van der Waals surface area contributed by atoms with E-state index < -0.39 is 0 Å². The SMILES string of the molecule is CN(C(=O)c1cc2c(Br)cccc2o1)c1ccc(O)cc1. The van der Waals surface area contributed by atoms with E-state index in [9.17, 15) is 9.90 Å². The van der Waals surface area contributed by atoms with Gasteiger partial charge in [0.2, 0.25) is 0 Å². The maximum absolute atomic E-state index is 12.5. The number of phenolic OH excluding ortho intramolecular Hbond substituents is 1. The maximum Gasteiger partial charge on any atom is 0.293 e. The molecule has 1 heterocycles. The zero-order valence-electron chi connectivity index (χ0n) is 11.2. The molecule has 0 aliphatic heterocycles. The normalized spacial score (nSPS) is 10.8. The zero-order chi connectivity index (χ0) is 15.0. The lowest BCUT2D eigenvalue weighted by Crippen LogP contribution is -2.25. The van der Waals surface area contributed by atoms with Crippen molar-refractivity contribution in [2.24, 2.45) is 0 Å². The number of aromatic hydroxyl groups is 1. The highest BCUT2D eigenvalue weighted by Gasteiger charge is 2.18. The van der Waals surface area contributed by atoms with Gasteiger partial charge in [-0.15, -0.1) is 0 Å². The number of amides is 1. The fourth-order valence-electron chi connectivity index (χ4n) is 2.09. The van der Waals surface area contributed by atoms with E-state index in [2.05, 4.69) is 15.9 Å². The lowest BCUT2D eigenvalue weighted by atomic mass is 10.2. The molecule has 1 N–H and O–H groups in total. The quantitative estimate of drug-likeness (QED) is 0.757. The van der Waals surface area contributed by atoms with Gasteiger partial charge in [0.05, 0.1) is 0 Å². The summed E-state index contributed by atoms with van der Waals surface area (Å²) in [5.41, 5.74) is 1.34. The van der Waals surface area contributed by atoms with Crippen LogP contribution in [0.2, 0.25) is 0 Å². The molecule has 0 bridgehead atoms. The molecular weight excluding hydrogens is 334 g/mol. The van der Waals surface area contributed by atoms with Crippen molar-refractivity contribution in [2.75, 3.05) is 11.9 Å². The van der Waals surface area contributed by atoms with Gasteiger partial charge in [0.25, 0.3) is 5.91 Å². The van der Waals surface area contributed by atoms with E-state index in [1.165, 1.54) is 17.0 Å². The Hall–Kier alpha value is -2.27. The Bertz CT molecular complexity index is 808. The number of benzene rings is 2. The van der Waals surface area contributed by atoms with Crippen LogP contribution in [0.4, 0.5) is 5.69 Å². The Morgan fingerprint density at radius 3 is 2.57 bits per heavy atom. The van der Waals surface area contributed by atoms with Crippen molar-refractivity contribution in [2.45, 2.75) is 0 Å². The molecule has 5 heteroatoms.